The van der Waals surface area contributed by atoms with Crippen LogP contribution in [-0.2, 0) is 10.4 Å². The van der Waals surface area contributed by atoms with Gasteiger partial charge in [-0.15, -0.1) is 10.2 Å². The second kappa shape index (κ2) is 24.5. The topological polar surface area (TPSA) is 242 Å². The highest BCUT2D eigenvalue weighted by Gasteiger charge is 2.40. The van der Waals surface area contributed by atoms with Gasteiger partial charge in [-0.3, -0.25) is 19.6 Å². The van der Waals surface area contributed by atoms with Gasteiger partial charge in [-0.25, -0.2) is 50.1 Å². The van der Waals surface area contributed by atoms with Crippen LogP contribution in [0, 0.1) is 46.7 Å². The molecule has 6 aromatic heterocycles. The number of benzene rings is 2. The number of rotatable bonds is 12. The number of nitrogens with two attached hydrogens (primary N) is 2. The summed E-state index contributed by atoms with van der Waals surface area (Å²) in [7, 11) is 1.25. The van der Waals surface area contributed by atoms with Gasteiger partial charge in [0, 0.05) is 75.1 Å². The van der Waals surface area contributed by atoms with E-state index in [0.29, 0.717) is 24.2 Å². The third kappa shape index (κ3) is 12.2. The van der Waals surface area contributed by atoms with Crippen LogP contribution in [0.15, 0.2) is 110 Å². The molecule has 8 atom stereocenters. The van der Waals surface area contributed by atoms with Crippen molar-refractivity contribution in [2.24, 2.45) is 23.3 Å². The fourth-order valence-electron chi connectivity index (χ4n) is 11.9. The zero-order valence-corrected chi connectivity index (χ0v) is 45.1. The van der Waals surface area contributed by atoms with Gasteiger partial charge in [0.2, 0.25) is 0 Å². The van der Waals surface area contributed by atoms with Gasteiger partial charge in [-0.1, -0.05) is 24.3 Å². The fraction of sp³-hybridized carbons (Fsp3) is 0.345. The van der Waals surface area contributed by atoms with Crippen molar-refractivity contribution >= 4 is 23.2 Å². The number of hydrogen-bond acceptors (Lipinski definition) is 14. The van der Waals surface area contributed by atoms with Gasteiger partial charge in [0.05, 0.1) is 66.5 Å². The van der Waals surface area contributed by atoms with Crippen molar-refractivity contribution in [1.82, 2.24) is 49.9 Å². The third-order valence-corrected chi connectivity index (χ3v) is 15.8. The van der Waals surface area contributed by atoms with Gasteiger partial charge in [-0.2, -0.15) is 0 Å². The Morgan fingerprint density at radius 1 is 0.614 bits per heavy atom. The first-order chi connectivity index (χ1) is 39.9. The van der Waals surface area contributed by atoms with Crippen molar-refractivity contribution in [2.75, 3.05) is 31.0 Å². The third-order valence-electron chi connectivity index (χ3n) is 15.8. The number of halogens is 7. The Labute approximate surface area is 471 Å². The number of nitrogens with one attached hydrogen (secondary N) is 2. The zero-order valence-electron chi connectivity index (χ0n) is 45.1. The van der Waals surface area contributed by atoms with Crippen LogP contribution in [0.25, 0.3) is 22.5 Å². The van der Waals surface area contributed by atoms with Gasteiger partial charge in [-0.05, 0) is 115 Å². The van der Waals surface area contributed by atoms with Gasteiger partial charge in [0.15, 0.2) is 0 Å². The molecule has 0 radical (unpaired) electrons. The van der Waals surface area contributed by atoms with E-state index in [1.54, 1.807) is 52.6 Å². The number of ether oxygens (including phenoxy) is 2. The highest BCUT2D eigenvalue weighted by molar-refractivity contribution is 6.04. The summed E-state index contributed by atoms with van der Waals surface area (Å²) < 4.78 is 118. The predicted molar refractivity (Wildman–Crippen MR) is 289 cm³/mol. The van der Waals surface area contributed by atoms with Crippen molar-refractivity contribution in [3.63, 3.8) is 0 Å². The number of anilines is 2. The molecule has 6 N–H and O–H groups in total. The lowest BCUT2D eigenvalue weighted by Crippen LogP contribution is -2.42. The summed E-state index contributed by atoms with van der Waals surface area (Å²) >= 11 is 0. The van der Waals surface area contributed by atoms with Gasteiger partial charge in [0.1, 0.15) is 69.1 Å². The molecular weight excluding hydrogens is 1090 g/mol. The number of carbonyl (C=O) groups is 2. The Kier molecular flexibility index (Phi) is 17.0. The number of aromatic nitrogens is 10. The summed E-state index contributed by atoms with van der Waals surface area (Å²) in [5.41, 5.74) is 10.2. The van der Waals surface area contributed by atoms with Crippen molar-refractivity contribution in [3.05, 3.63) is 173 Å². The Morgan fingerprint density at radius 3 is 1.45 bits per heavy atom. The van der Waals surface area contributed by atoms with Gasteiger partial charge in [0.25, 0.3) is 11.8 Å². The summed E-state index contributed by atoms with van der Waals surface area (Å²) in [6.45, 7) is 4.41. The molecule has 83 heavy (non-hydrogen) atoms. The van der Waals surface area contributed by atoms with E-state index in [9.17, 15) is 27.2 Å². The Bertz CT molecular complexity index is 3560. The van der Waals surface area contributed by atoms with Crippen molar-refractivity contribution in [1.29, 1.82) is 0 Å². The summed E-state index contributed by atoms with van der Waals surface area (Å²) in [5, 5.41) is 21.6. The van der Waals surface area contributed by atoms with Crippen LogP contribution >= 0.6 is 0 Å². The SMILES string of the molecule is COc1cc(F)c(-c2nc(C(=O)Nc3cnccc3[C@H]3C[C@@H](N)[C@@H](n4ccnn4)[C@@H](C)C3)ccc2F)c(F)c1.C[C@H]1C[C@@H](c2ccncc2NC(=O)c2ccc(F)c(-c3c(F)cc(C4(F)CCOCC4)cc3F)n2)C[C@@H](N)[C@H]1n1ccnn1. The molecule has 0 bridgehead atoms. The Balaban J connectivity index is 0.000000187. The van der Waals surface area contributed by atoms with Crippen LogP contribution in [0.3, 0.4) is 0 Å². The number of methoxy groups -OCH3 is 1. The van der Waals surface area contributed by atoms with E-state index >= 15 is 13.2 Å². The van der Waals surface area contributed by atoms with E-state index in [2.05, 4.69) is 65.0 Å². The molecule has 1 aliphatic heterocycles. The summed E-state index contributed by atoms with van der Waals surface area (Å²) in [4.78, 5) is 42.7. The minimum Gasteiger partial charge on any atom is -0.497 e. The molecule has 1 saturated heterocycles. The minimum atomic E-state index is -1.97. The second-order valence-electron chi connectivity index (χ2n) is 21.1. The Morgan fingerprint density at radius 2 is 1.05 bits per heavy atom. The van der Waals surface area contributed by atoms with Crippen molar-refractivity contribution < 1.29 is 49.8 Å². The number of nitrogens with zero attached hydrogens (tertiary/aromatic N) is 10. The molecule has 11 rings (SSSR count). The summed E-state index contributed by atoms with van der Waals surface area (Å²) in [6.07, 6.45) is 15.8. The van der Waals surface area contributed by atoms with Crippen molar-refractivity contribution in [2.45, 2.75) is 94.0 Å². The van der Waals surface area contributed by atoms with Crippen molar-refractivity contribution in [3.8, 4) is 28.3 Å². The van der Waals surface area contributed by atoms with E-state index in [1.165, 1.54) is 19.5 Å². The lowest BCUT2D eigenvalue weighted by Gasteiger charge is -2.39. The maximum Gasteiger partial charge on any atom is 0.274 e. The van der Waals surface area contributed by atoms with Crippen LogP contribution in [-0.4, -0.2) is 94.1 Å². The van der Waals surface area contributed by atoms with E-state index in [-0.39, 0.29) is 96.6 Å². The lowest BCUT2D eigenvalue weighted by molar-refractivity contribution is -0.0117. The van der Waals surface area contributed by atoms with E-state index < -0.39 is 74.9 Å². The average molecular weight is 1150 g/mol. The maximum absolute atomic E-state index is 15.4. The number of alkyl halides is 1. The molecule has 3 aliphatic rings. The highest BCUT2D eigenvalue weighted by atomic mass is 19.2. The van der Waals surface area contributed by atoms with Gasteiger partial charge >= 0.3 is 0 Å². The first-order valence-electron chi connectivity index (χ1n) is 26.8. The summed E-state index contributed by atoms with van der Waals surface area (Å²) in [6, 6.07) is 10.8. The molecule has 18 nitrogen and oxygen atoms in total. The van der Waals surface area contributed by atoms with E-state index in [4.69, 9.17) is 20.9 Å². The second-order valence-corrected chi connectivity index (χ2v) is 21.1. The molecule has 0 spiro atoms. The standard InChI is InChI=1S/C31H31F4N7O2.C27H26F3N7O2/c1-17-12-18(13-24(36)29(17)42-9-8-38-41-42)20-4-7-37-16-26(20)40-30(43)25-3-2-21(32)28(39-25)27-22(33)14-19(15-23(27)34)31(35)5-10-44-11-6-31;1-14-9-15(10-21(31)26(14)37-8-7-33-36-37)17-5-6-32-13-23(17)35-27(38)22-4-3-18(28)25(34-22)24-19(29)11-16(39-2)12-20(24)30/h2-4,7-9,14-18,24,29H,5-6,10-13,36H2,1H3,(H,40,43);3-8,11-15,21,26H,9-10,31H2,1-2H3,(H,35,38)/t17-,18+,24+,29-;14-,15+,21+,26-/m00/s1. The normalized spacial score (nSPS) is 22.2. The molecule has 0 unspecified atom stereocenters. The number of carbonyl (C=O) groups excluding carboxylic acids is 2. The van der Waals surface area contributed by atoms with Crippen LogP contribution in [0.1, 0.15) is 114 Å². The van der Waals surface area contributed by atoms with Crippen LogP contribution in [0.4, 0.5) is 42.1 Å². The van der Waals surface area contributed by atoms with Gasteiger partial charge < -0.3 is 31.6 Å². The van der Waals surface area contributed by atoms with Crippen LogP contribution in [0.2, 0.25) is 0 Å². The highest BCUT2D eigenvalue weighted by Crippen LogP contribution is 2.45. The molecule has 2 amide bonds. The van der Waals surface area contributed by atoms with Crippen LogP contribution in [0.5, 0.6) is 5.75 Å². The average Bonchev–Trinajstić information content (AvgIpc) is 4.35. The molecule has 3 fully saturated rings. The van der Waals surface area contributed by atoms with Crippen LogP contribution < -0.4 is 26.8 Å². The zero-order chi connectivity index (χ0) is 58.7. The summed E-state index contributed by atoms with van der Waals surface area (Å²) in [5.74, 6) is -7.69. The predicted octanol–water partition coefficient (Wildman–Crippen LogP) is 9.96. The number of amides is 2. The number of pyridine rings is 4. The molecule has 7 heterocycles. The quantitative estimate of drug-likeness (QED) is 0.0833. The smallest absolute Gasteiger partial charge is 0.274 e. The maximum atomic E-state index is 15.4. The first-order valence-corrected chi connectivity index (χ1v) is 26.8. The molecule has 2 saturated carbocycles. The molecule has 2 aliphatic carbocycles. The molecular formula is C58H57F7N14O4. The molecule has 25 heteroatoms. The molecule has 8 aromatic rings. The Hall–Kier alpha value is -8.55. The van der Waals surface area contributed by atoms with E-state index in [1.807, 2.05) is 6.07 Å². The lowest BCUT2D eigenvalue weighted by atomic mass is 9.73. The first kappa shape index (κ1) is 57.7. The number of hydrogen-bond donors (Lipinski definition) is 4. The fourth-order valence-corrected chi connectivity index (χ4v) is 11.9. The van der Waals surface area contributed by atoms with E-state index in [0.717, 1.165) is 72.5 Å². The molecule has 2 aromatic carbocycles. The minimum absolute atomic E-state index is 0.00830. The largest absolute Gasteiger partial charge is 0.497 e. The monoisotopic (exact) mass is 1150 g/mol. The molecule has 432 valence electrons.